The van der Waals surface area contributed by atoms with Crippen LogP contribution in [-0.4, -0.2) is 15.8 Å². The van der Waals surface area contributed by atoms with Crippen molar-refractivity contribution >= 4 is 101 Å². The van der Waals surface area contributed by atoms with Crippen LogP contribution in [-0.2, 0) is 57.5 Å². The minimum Gasteiger partial charge on any atom is -0.311 e. The number of para-hydroxylation sites is 2. The van der Waals surface area contributed by atoms with Crippen LogP contribution in [0.1, 0.15) is 267 Å². The monoisotopic (exact) mass is 1710 g/mol. The van der Waals surface area contributed by atoms with Crippen molar-refractivity contribution in [2.45, 2.75) is 244 Å². The second-order valence-electron chi connectivity index (χ2n) is 45.6. The summed E-state index contributed by atoms with van der Waals surface area (Å²) in [5.74, 6) is 0. The molecule has 0 radical (unpaired) electrons. The first-order valence-corrected chi connectivity index (χ1v) is 45.7. The van der Waals surface area contributed by atoms with Crippen LogP contribution in [0.4, 0.5) is 34.1 Å². The number of nitrogens with zero attached hydrogens (tertiary/aromatic N) is 4. The van der Waals surface area contributed by atoms with Gasteiger partial charge in [-0.1, -0.05) is 345 Å². The molecule has 0 spiro atoms. The van der Waals surface area contributed by atoms with Crippen molar-refractivity contribution in [3.63, 3.8) is 0 Å². The van der Waals surface area contributed by atoms with Gasteiger partial charge < -0.3 is 18.9 Å². The first-order chi connectivity index (χ1) is 68.7. The molecule has 4 heterocycles. The van der Waals surface area contributed by atoms with Gasteiger partial charge in [-0.25, -0.2) is 0 Å². The Labute approximate surface area is 799 Å². The summed E-state index contributed by atoms with van der Waals surface area (Å²) in [6, 6.07) is 61.8. The van der Waals surface area contributed by atoms with E-state index < -0.39 is 124 Å². The molecule has 0 aliphatic carbocycles. The third kappa shape index (κ3) is 19.1. The fourth-order valence-corrected chi connectivity index (χ4v) is 19.1. The van der Waals surface area contributed by atoms with E-state index in [-0.39, 0.29) is 62.7 Å². The zero-order valence-electron chi connectivity index (χ0n) is 102. The van der Waals surface area contributed by atoms with Crippen LogP contribution in [0, 0.1) is 48.7 Å². The maximum Gasteiger partial charge on any atom is 0.252 e. The Morgan fingerprint density at radius 1 is 0.250 bits per heavy atom. The van der Waals surface area contributed by atoms with Gasteiger partial charge in [-0.15, -0.1) is 0 Å². The Kier molecular flexibility index (Phi) is 16.7. The van der Waals surface area contributed by atoms with Gasteiger partial charge in [-0.05, 0) is 303 Å². The molecule has 5 heteroatoms. The number of fused-ring (bicyclic) bond motifs is 10. The molecule has 13 aromatic carbocycles. The van der Waals surface area contributed by atoms with E-state index in [1.807, 2.05) is 300 Å². The molecule has 0 atom stereocenters. The third-order valence-electron chi connectivity index (χ3n) is 23.0. The van der Waals surface area contributed by atoms with E-state index in [2.05, 4.69) is 75.6 Å². The normalized spacial score (nSPS) is 16.9. The molecule has 0 fully saturated rings. The molecule has 2 aliphatic heterocycles. The summed E-state index contributed by atoms with van der Waals surface area (Å²) >= 11 is 0. The van der Waals surface area contributed by atoms with E-state index in [0.717, 1.165) is 11.1 Å². The molecular weight excluding hydrogens is 1540 g/mol. The summed E-state index contributed by atoms with van der Waals surface area (Å²) in [6.07, 6.45) is -13.2. The smallest absolute Gasteiger partial charge is 0.252 e. The Bertz CT molecular complexity index is 7600. The SMILES string of the molecule is [2H]c1c([2H])c([2H])c2c(c1[2H])c1cc(C([2H])([2H])C(C)(C)C)ccc1n2-c1ccc2c(c1)N(c1cc(-c3cccc(C([2H])([2H])C(C)(C)C)c3)c(CC(C)(C)C)cc1-c1cccc(C([2H])([2H])C(C)(C)C)c1)c1cc(C([2H])([2H])C(C)(C)C)cc3c1B2c1ccc(-n2c4ccc(C([2H])([2H])C(C)(C)C)cc4c4c([2H])c([2H])c([2H])c([2H])c42)cc1N3c1cc(-c2cccc(C([2H])([2H])C(C)(C)C)c2)c(CC(C)(C)C)cc1-c1cccc(C([2H])([2H])C(C)(C)C)c1. The van der Waals surface area contributed by atoms with Crippen LogP contribution in [0.2, 0.25) is 0 Å². The van der Waals surface area contributed by atoms with E-state index in [9.17, 15) is 30.2 Å². The van der Waals surface area contributed by atoms with E-state index in [4.69, 9.17) is 0 Å². The number of benzene rings is 13. The van der Waals surface area contributed by atoms with Crippen LogP contribution < -0.4 is 26.2 Å². The highest BCUT2D eigenvalue weighted by molar-refractivity contribution is 7.00. The lowest BCUT2D eigenvalue weighted by Gasteiger charge is -2.46. The molecule has 0 bridgehead atoms. The molecule has 15 aromatic rings. The molecule has 17 rings (SSSR count). The molecule has 0 saturated heterocycles. The van der Waals surface area contributed by atoms with Crippen molar-refractivity contribution in [3.8, 4) is 55.9 Å². The predicted octanol–water partition coefficient (Wildman–Crippen LogP) is 32.9. The summed E-state index contributed by atoms with van der Waals surface area (Å²) in [7, 11) is 0. The Balaban J connectivity index is 1.14. The topological polar surface area (TPSA) is 16.3 Å². The Morgan fingerprint density at radius 2 is 0.555 bits per heavy atom. The number of hydrogen-bond acceptors (Lipinski definition) is 2. The third-order valence-corrected chi connectivity index (χ3v) is 23.0. The quantitative estimate of drug-likeness (QED) is 0.0845. The number of aromatic nitrogens is 2. The molecule has 0 amide bonds. The van der Waals surface area contributed by atoms with E-state index in [0.29, 0.717) is 163 Å². The minimum absolute atomic E-state index is 0.0956. The Morgan fingerprint density at radius 3 is 0.875 bits per heavy atom. The summed E-state index contributed by atoms with van der Waals surface area (Å²) in [4.78, 5) is 4.34. The second-order valence-corrected chi connectivity index (χ2v) is 45.6. The lowest BCUT2D eigenvalue weighted by atomic mass is 9.33. The average Bonchev–Trinajstić information content (AvgIpc) is 0.859. The first-order valence-electron chi connectivity index (χ1n) is 56.7. The lowest BCUT2D eigenvalue weighted by molar-refractivity contribution is 0.410. The standard InChI is InChI=1S/C123H141BN4/c1-115(2,3)70-79-36-32-40-86(56-79)96-68-108(98(64-90(96)77-122(22,23)24)88-42-34-38-81(58-88)72-117(7,8)9)127-110-66-92(125-104-46-30-28-44-94(104)100-60-83(48-54-106(100)125)74-119(13,14)15)50-52-102(110)124-103-53-51-93(126-105-47-31-29-45-95(105)101-61-84(49-55-107(101)126)75-120(16,17)18)67-111(103)128(113-63-85(76-121(19,20)21)62-112(127)114(113)124)109-69-97(87-41-33-37-80(57-87)71-116(4,5)6)91(78-123(25,26)27)65-99(109)89-43-35-39-82(59-89)73-118(10,11)12/h28-69H,70-78H2,1-27H3/i28D,29D,30D,31D,44D,45D,46D,47D,70D2,71D2,72D2,73D2,74D2,75D2,76D2. The molecule has 2 aliphatic rings. The summed E-state index contributed by atoms with van der Waals surface area (Å²) in [5, 5.41) is 0.990. The minimum atomic E-state index is -2.33. The molecule has 0 saturated carbocycles. The molecule has 128 heavy (non-hydrogen) atoms. The maximum atomic E-state index is 11.3. The lowest BCUT2D eigenvalue weighted by Crippen LogP contribution is -2.61. The van der Waals surface area contributed by atoms with Crippen LogP contribution >= 0.6 is 0 Å². The highest BCUT2D eigenvalue weighted by Gasteiger charge is 2.46. The van der Waals surface area contributed by atoms with Crippen LogP contribution in [0.15, 0.2) is 255 Å². The van der Waals surface area contributed by atoms with Crippen molar-refractivity contribution in [3.05, 3.63) is 305 Å². The maximum absolute atomic E-state index is 11.3. The van der Waals surface area contributed by atoms with Gasteiger partial charge in [-0.3, -0.25) is 0 Å². The highest BCUT2D eigenvalue weighted by Crippen LogP contribution is 2.54. The summed E-state index contributed by atoms with van der Waals surface area (Å²) in [5.41, 5.74) is 7.87. The Hall–Kier alpha value is -10.9. The van der Waals surface area contributed by atoms with Crippen LogP contribution in [0.5, 0.6) is 0 Å². The van der Waals surface area contributed by atoms with Crippen molar-refractivity contribution in [1.29, 1.82) is 0 Å². The molecule has 0 unspecified atom stereocenters. The number of hydrogen-bond donors (Lipinski definition) is 0. The van der Waals surface area contributed by atoms with Crippen molar-refractivity contribution in [2.24, 2.45) is 48.7 Å². The van der Waals surface area contributed by atoms with Gasteiger partial charge in [0.1, 0.15) is 0 Å². The van der Waals surface area contributed by atoms with Crippen molar-refractivity contribution in [1.82, 2.24) is 9.13 Å². The summed E-state index contributed by atoms with van der Waals surface area (Å²) in [6.45, 7) is 51.0. The molecule has 656 valence electrons. The molecular formula is C123H141BN4. The van der Waals surface area contributed by atoms with Gasteiger partial charge in [0.25, 0.3) is 6.71 Å². The van der Waals surface area contributed by atoms with Crippen molar-refractivity contribution < 1.29 is 30.2 Å². The largest absolute Gasteiger partial charge is 0.311 e. The van der Waals surface area contributed by atoms with Crippen molar-refractivity contribution in [2.75, 3.05) is 9.80 Å². The zero-order chi connectivity index (χ0) is 111. The number of rotatable bonds is 17. The van der Waals surface area contributed by atoms with E-state index in [1.54, 1.807) is 36.4 Å². The van der Waals surface area contributed by atoms with Gasteiger partial charge in [0, 0.05) is 86.0 Å². The number of anilines is 6. The zero-order valence-corrected chi connectivity index (χ0v) is 80.4. The van der Waals surface area contributed by atoms with Gasteiger partial charge in [0.15, 0.2) is 0 Å². The second kappa shape index (κ2) is 32.6. The highest BCUT2D eigenvalue weighted by atomic mass is 15.2. The van der Waals surface area contributed by atoms with Gasteiger partial charge in [0.05, 0.1) is 44.4 Å². The molecule has 4 nitrogen and oxygen atoms in total. The average molecular weight is 1710 g/mol. The molecule has 0 N–H and O–H groups in total. The van der Waals surface area contributed by atoms with E-state index >= 15 is 0 Å². The van der Waals surface area contributed by atoms with Gasteiger partial charge in [0.2, 0.25) is 0 Å². The van der Waals surface area contributed by atoms with Crippen LogP contribution in [0.25, 0.3) is 99.5 Å². The fourth-order valence-electron chi connectivity index (χ4n) is 19.1. The van der Waals surface area contributed by atoms with Gasteiger partial charge in [-0.2, -0.15) is 0 Å². The first kappa shape index (κ1) is 65.6. The molecule has 2 aromatic heterocycles. The predicted molar refractivity (Wildman–Crippen MR) is 559 cm³/mol. The summed E-state index contributed by atoms with van der Waals surface area (Å²) < 4.78 is 225. The van der Waals surface area contributed by atoms with E-state index in [1.165, 1.54) is 0 Å². The fraction of sp³-hybridized carbons (Fsp3) is 0.366. The van der Waals surface area contributed by atoms with Crippen LogP contribution in [0.3, 0.4) is 0 Å². The van der Waals surface area contributed by atoms with Gasteiger partial charge >= 0.3 is 0 Å².